The minimum Gasteiger partial charge on any atom is -0.491 e. The summed E-state index contributed by atoms with van der Waals surface area (Å²) >= 11 is 0. The molecule has 1 atom stereocenters. The number of rotatable bonds is 6. The third-order valence-electron chi connectivity index (χ3n) is 3.41. The molecule has 0 spiro atoms. The van der Waals surface area contributed by atoms with Crippen LogP contribution in [0.25, 0.3) is 0 Å². The van der Waals surface area contributed by atoms with E-state index in [9.17, 15) is 4.79 Å². The highest BCUT2D eigenvalue weighted by Gasteiger charge is 2.35. The number of carbonyl (C=O) groups is 1. The molecule has 0 aliphatic rings. The van der Waals surface area contributed by atoms with Gasteiger partial charge in [0, 0.05) is 0 Å². The van der Waals surface area contributed by atoms with E-state index in [1.807, 2.05) is 25.1 Å². The smallest absolute Gasteiger partial charge is 0.329 e. The molecule has 0 saturated carbocycles. The van der Waals surface area contributed by atoms with Gasteiger partial charge in [-0.15, -0.1) is 0 Å². The molecule has 0 aliphatic carbocycles. The number of nitrogens with one attached hydrogen (secondary N) is 1. The predicted octanol–water partition coefficient (Wildman–Crippen LogP) is 2.90. The zero-order valence-corrected chi connectivity index (χ0v) is 13.9. The maximum atomic E-state index is 12.0. The van der Waals surface area contributed by atoms with E-state index in [2.05, 4.69) is 32.2 Å². The van der Waals surface area contributed by atoms with Crippen molar-refractivity contribution >= 4 is 5.97 Å². The monoisotopic (exact) mass is 293 g/mol. The van der Waals surface area contributed by atoms with Crippen molar-refractivity contribution in [3.8, 4) is 5.75 Å². The van der Waals surface area contributed by atoms with Crippen molar-refractivity contribution < 1.29 is 14.3 Å². The SMILES string of the molecule is CCNC(C)(COc1ccccc1C(C)(C)C)C(=O)OC. The molecule has 0 amide bonds. The second-order valence-electron chi connectivity index (χ2n) is 6.39. The van der Waals surface area contributed by atoms with Gasteiger partial charge in [0.25, 0.3) is 0 Å². The first-order chi connectivity index (χ1) is 9.74. The van der Waals surface area contributed by atoms with Crippen LogP contribution >= 0.6 is 0 Å². The first kappa shape index (κ1) is 17.5. The van der Waals surface area contributed by atoms with Crippen LogP contribution in [0.2, 0.25) is 0 Å². The summed E-state index contributed by atoms with van der Waals surface area (Å²) in [5, 5.41) is 3.14. The number of benzene rings is 1. The van der Waals surface area contributed by atoms with Crippen LogP contribution < -0.4 is 10.1 Å². The van der Waals surface area contributed by atoms with E-state index in [1.54, 1.807) is 6.92 Å². The molecule has 1 rings (SSSR count). The van der Waals surface area contributed by atoms with Gasteiger partial charge in [0.1, 0.15) is 17.9 Å². The van der Waals surface area contributed by atoms with Gasteiger partial charge in [0.15, 0.2) is 0 Å². The molecule has 21 heavy (non-hydrogen) atoms. The lowest BCUT2D eigenvalue weighted by molar-refractivity contribution is -0.149. The molecule has 0 fully saturated rings. The van der Waals surface area contributed by atoms with Crippen LogP contribution in [-0.4, -0.2) is 31.8 Å². The Morgan fingerprint density at radius 3 is 2.33 bits per heavy atom. The van der Waals surface area contributed by atoms with Gasteiger partial charge < -0.3 is 9.47 Å². The van der Waals surface area contributed by atoms with E-state index in [-0.39, 0.29) is 18.0 Å². The molecule has 4 heteroatoms. The Morgan fingerprint density at radius 2 is 1.81 bits per heavy atom. The Morgan fingerprint density at radius 1 is 1.19 bits per heavy atom. The van der Waals surface area contributed by atoms with E-state index in [1.165, 1.54) is 7.11 Å². The number of carbonyl (C=O) groups excluding carboxylic acids is 1. The lowest BCUT2D eigenvalue weighted by Gasteiger charge is -2.29. The highest BCUT2D eigenvalue weighted by Crippen LogP contribution is 2.31. The maximum Gasteiger partial charge on any atom is 0.329 e. The highest BCUT2D eigenvalue weighted by atomic mass is 16.5. The molecule has 0 saturated heterocycles. The first-order valence-electron chi connectivity index (χ1n) is 7.30. The minimum absolute atomic E-state index is 0.0174. The van der Waals surface area contributed by atoms with Crippen molar-refractivity contribution in [3.63, 3.8) is 0 Å². The molecule has 0 heterocycles. The fourth-order valence-corrected chi connectivity index (χ4v) is 2.23. The summed E-state index contributed by atoms with van der Waals surface area (Å²) in [4.78, 5) is 12.0. The molecular weight excluding hydrogens is 266 g/mol. The molecule has 0 bridgehead atoms. The molecule has 0 aliphatic heterocycles. The van der Waals surface area contributed by atoms with Crippen LogP contribution in [0.4, 0.5) is 0 Å². The van der Waals surface area contributed by atoms with Crippen LogP contribution in [-0.2, 0) is 14.9 Å². The van der Waals surface area contributed by atoms with E-state index in [0.29, 0.717) is 6.54 Å². The summed E-state index contributed by atoms with van der Waals surface area (Å²) < 4.78 is 10.8. The van der Waals surface area contributed by atoms with E-state index >= 15 is 0 Å². The van der Waals surface area contributed by atoms with Crippen LogP contribution in [0.1, 0.15) is 40.2 Å². The van der Waals surface area contributed by atoms with Crippen molar-refractivity contribution in [3.05, 3.63) is 29.8 Å². The number of likely N-dealkylation sites (N-methyl/N-ethyl adjacent to an activating group) is 1. The van der Waals surface area contributed by atoms with Gasteiger partial charge >= 0.3 is 5.97 Å². The quantitative estimate of drug-likeness (QED) is 0.819. The Labute approximate surface area is 127 Å². The zero-order chi connectivity index (χ0) is 16.1. The van der Waals surface area contributed by atoms with Crippen LogP contribution in [0, 0.1) is 0 Å². The Kier molecular flexibility index (Phi) is 5.78. The van der Waals surface area contributed by atoms with Crippen LogP contribution in [0.5, 0.6) is 5.75 Å². The first-order valence-corrected chi connectivity index (χ1v) is 7.30. The normalized spacial score (nSPS) is 14.4. The van der Waals surface area contributed by atoms with Crippen LogP contribution in [0.15, 0.2) is 24.3 Å². The molecule has 0 radical (unpaired) electrons. The van der Waals surface area contributed by atoms with Crippen molar-refractivity contribution in [1.82, 2.24) is 5.32 Å². The molecule has 1 aromatic rings. The summed E-state index contributed by atoms with van der Waals surface area (Å²) in [6.07, 6.45) is 0. The fraction of sp³-hybridized carbons (Fsp3) is 0.588. The summed E-state index contributed by atoms with van der Waals surface area (Å²) in [7, 11) is 1.39. The lowest BCUT2D eigenvalue weighted by Crippen LogP contribution is -2.54. The molecule has 1 unspecified atom stereocenters. The maximum absolute atomic E-state index is 12.0. The summed E-state index contributed by atoms with van der Waals surface area (Å²) in [6.45, 7) is 11.0. The van der Waals surface area contributed by atoms with Crippen molar-refractivity contribution in [2.75, 3.05) is 20.3 Å². The van der Waals surface area contributed by atoms with Gasteiger partial charge in [-0.05, 0) is 30.5 Å². The minimum atomic E-state index is -0.853. The van der Waals surface area contributed by atoms with E-state index < -0.39 is 5.54 Å². The third kappa shape index (κ3) is 4.46. The highest BCUT2D eigenvalue weighted by molar-refractivity contribution is 5.80. The molecule has 118 valence electrons. The van der Waals surface area contributed by atoms with Gasteiger partial charge in [0.2, 0.25) is 0 Å². The number of para-hydroxylation sites is 1. The second kappa shape index (κ2) is 6.94. The topological polar surface area (TPSA) is 47.6 Å². The van der Waals surface area contributed by atoms with E-state index in [0.717, 1.165) is 11.3 Å². The predicted molar refractivity (Wildman–Crippen MR) is 84.7 cm³/mol. The lowest BCUT2D eigenvalue weighted by atomic mass is 9.86. The molecule has 1 N–H and O–H groups in total. The zero-order valence-electron chi connectivity index (χ0n) is 13.9. The number of hydrogen-bond acceptors (Lipinski definition) is 4. The Bertz CT molecular complexity index is 479. The molecule has 0 aromatic heterocycles. The van der Waals surface area contributed by atoms with Crippen molar-refractivity contribution in [2.24, 2.45) is 0 Å². The number of esters is 1. The van der Waals surface area contributed by atoms with Gasteiger partial charge in [0.05, 0.1) is 7.11 Å². The summed E-state index contributed by atoms with van der Waals surface area (Å²) in [5.41, 5.74) is 0.249. The van der Waals surface area contributed by atoms with Gasteiger partial charge in [-0.25, -0.2) is 4.79 Å². The Hall–Kier alpha value is -1.55. The van der Waals surface area contributed by atoms with E-state index in [4.69, 9.17) is 9.47 Å². The standard InChI is InChI=1S/C17H27NO3/c1-7-18-17(5,15(19)20-6)12-21-14-11-9-8-10-13(14)16(2,3)4/h8-11,18H,7,12H2,1-6H3. The molecule has 4 nitrogen and oxygen atoms in total. The molecular formula is C17H27NO3. The summed E-state index contributed by atoms with van der Waals surface area (Å²) in [6, 6.07) is 7.92. The van der Waals surface area contributed by atoms with Crippen molar-refractivity contribution in [1.29, 1.82) is 0 Å². The molecule has 1 aromatic carbocycles. The largest absolute Gasteiger partial charge is 0.491 e. The average Bonchev–Trinajstić information content (AvgIpc) is 2.44. The number of hydrogen-bond donors (Lipinski definition) is 1. The van der Waals surface area contributed by atoms with Crippen LogP contribution in [0.3, 0.4) is 0 Å². The van der Waals surface area contributed by atoms with Gasteiger partial charge in [-0.1, -0.05) is 45.9 Å². The summed E-state index contributed by atoms with van der Waals surface area (Å²) in [5.74, 6) is 0.482. The number of methoxy groups -OCH3 is 1. The van der Waals surface area contributed by atoms with Crippen molar-refractivity contribution in [2.45, 2.75) is 45.6 Å². The fourth-order valence-electron chi connectivity index (χ4n) is 2.23. The third-order valence-corrected chi connectivity index (χ3v) is 3.41. The average molecular weight is 293 g/mol. The second-order valence-corrected chi connectivity index (χ2v) is 6.39. The number of ether oxygens (including phenoxy) is 2. The van der Waals surface area contributed by atoms with Gasteiger partial charge in [-0.3, -0.25) is 5.32 Å². The Balaban J connectivity index is 2.94. The van der Waals surface area contributed by atoms with Gasteiger partial charge in [-0.2, -0.15) is 0 Å².